The number of aliphatic imine (C=N–C) groups is 1. The zero-order valence-corrected chi connectivity index (χ0v) is 16.4. The van der Waals surface area contributed by atoms with E-state index in [1.807, 2.05) is 0 Å². The molecule has 1 heterocycles. The Balaban J connectivity index is 2.25. The van der Waals surface area contributed by atoms with Crippen LogP contribution < -0.4 is 16.0 Å². The van der Waals surface area contributed by atoms with E-state index in [2.05, 4.69) is 30.9 Å². The molecule has 0 aliphatic heterocycles. The molecule has 1 amide bonds. The number of guanidine groups is 1. The highest BCUT2D eigenvalue weighted by atomic mass is 35.6. The number of halogens is 4. The third kappa shape index (κ3) is 6.73. The Labute approximate surface area is 174 Å². The zero-order valence-electron chi connectivity index (χ0n) is 13.3. The molecule has 1 unspecified atom stereocenters. The van der Waals surface area contributed by atoms with Gasteiger partial charge in [-0.25, -0.2) is 15.0 Å². The quantitative estimate of drug-likeness (QED) is 0.218. The number of nitrogens with zero attached hydrogens (tertiary/aromatic N) is 4. The van der Waals surface area contributed by atoms with Crippen molar-refractivity contribution in [2.45, 2.75) is 9.96 Å². The number of benzene rings is 1. The van der Waals surface area contributed by atoms with E-state index < -0.39 is 15.9 Å². The molecule has 1 aromatic carbocycles. The highest BCUT2D eigenvalue weighted by Gasteiger charge is 2.34. The monoisotopic (exact) mass is 445 g/mol. The van der Waals surface area contributed by atoms with Gasteiger partial charge in [0.1, 0.15) is 6.33 Å². The van der Waals surface area contributed by atoms with Crippen LogP contribution in [0.25, 0.3) is 0 Å². The highest BCUT2D eigenvalue weighted by Crippen LogP contribution is 2.31. The fraction of sp³-hybridized carbons (Fsp3) is 0.133. The van der Waals surface area contributed by atoms with Crippen LogP contribution in [0.1, 0.15) is 10.4 Å². The number of hydrogen-bond acceptors (Lipinski definition) is 5. The maximum Gasteiger partial charge on any atom is 0.253 e. The van der Waals surface area contributed by atoms with Gasteiger partial charge in [0.05, 0.1) is 18.1 Å². The van der Waals surface area contributed by atoms with Crippen molar-refractivity contribution in [2.75, 3.05) is 5.32 Å². The van der Waals surface area contributed by atoms with Gasteiger partial charge in [0.2, 0.25) is 9.75 Å². The molecule has 0 radical (unpaired) electrons. The summed E-state index contributed by atoms with van der Waals surface area (Å²) >= 11 is 23.6. The Morgan fingerprint density at radius 3 is 2.37 bits per heavy atom. The molecule has 1 aromatic heterocycles. The van der Waals surface area contributed by atoms with Crippen LogP contribution in [0.2, 0.25) is 5.02 Å². The molecular formula is C15H11Cl4N7O. The van der Waals surface area contributed by atoms with Gasteiger partial charge in [-0.3, -0.25) is 10.1 Å². The fourth-order valence-electron chi connectivity index (χ4n) is 1.77. The molecule has 140 valence electrons. The molecule has 12 heteroatoms. The van der Waals surface area contributed by atoms with Gasteiger partial charge in [-0.15, -0.1) is 0 Å². The van der Waals surface area contributed by atoms with Crippen LogP contribution in [0.4, 0.5) is 5.69 Å². The molecule has 0 spiro atoms. The van der Waals surface area contributed by atoms with Crippen LogP contribution in [-0.4, -0.2) is 31.8 Å². The summed E-state index contributed by atoms with van der Waals surface area (Å²) in [6.07, 6.45) is 4.59. The van der Waals surface area contributed by atoms with E-state index in [0.717, 1.165) is 0 Å². The summed E-state index contributed by atoms with van der Waals surface area (Å²) in [6.45, 7) is 0. The van der Waals surface area contributed by atoms with E-state index >= 15 is 0 Å². The lowest BCUT2D eigenvalue weighted by molar-refractivity contribution is 0.0939. The van der Waals surface area contributed by atoms with Crippen molar-refractivity contribution in [1.82, 2.24) is 20.6 Å². The Kier molecular flexibility index (Phi) is 7.45. The third-order valence-electron chi connectivity index (χ3n) is 2.94. The smallest absolute Gasteiger partial charge is 0.253 e. The summed E-state index contributed by atoms with van der Waals surface area (Å²) in [7, 11) is 0. The molecule has 0 bridgehead atoms. The largest absolute Gasteiger partial charge is 0.327 e. The number of nitriles is 1. The normalized spacial score (nSPS) is 12.6. The number of anilines is 1. The van der Waals surface area contributed by atoms with Gasteiger partial charge in [0.25, 0.3) is 5.91 Å². The van der Waals surface area contributed by atoms with Gasteiger partial charge >= 0.3 is 0 Å². The molecule has 27 heavy (non-hydrogen) atoms. The lowest BCUT2D eigenvalue weighted by Gasteiger charge is -2.23. The number of carbonyl (C=O) groups excluding carboxylic acids is 1. The summed E-state index contributed by atoms with van der Waals surface area (Å²) in [4.78, 5) is 24.1. The van der Waals surface area contributed by atoms with E-state index in [1.54, 1.807) is 18.3 Å². The molecular weight excluding hydrogens is 436 g/mol. The molecule has 8 nitrogen and oxygen atoms in total. The Bertz CT molecular complexity index is 847. The Morgan fingerprint density at radius 1 is 1.19 bits per heavy atom. The minimum atomic E-state index is -2.00. The Morgan fingerprint density at radius 2 is 1.81 bits per heavy atom. The first-order chi connectivity index (χ1) is 12.8. The number of hydrogen-bond donors (Lipinski definition) is 3. The van der Waals surface area contributed by atoms with Gasteiger partial charge in [-0.05, 0) is 24.3 Å². The minimum Gasteiger partial charge on any atom is -0.327 e. The topological polar surface area (TPSA) is 115 Å². The number of alkyl halides is 3. The van der Waals surface area contributed by atoms with E-state index in [0.29, 0.717) is 10.7 Å². The second-order valence-corrected chi connectivity index (χ2v) is 7.70. The van der Waals surface area contributed by atoms with Crippen LogP contribution >= 0.6 is 46.4 Å². The number of nitrogens with one attached hydrogen (secondary N) is 3. The standard InChI is InChI=1S/C15H11Cl4N7O/c16-10-3-1-9(2-4-10)12(27)25-13(15(17,18)19)26-14(23-7-20)24-11-5-21-8-22-6-11/h1-6,8,13H,(H,25,27)(H2,23,24,26). The minimum absolute atomic E-state index is 0.0833. The summed E-state index contributed by atoms with van der Waals surface area (Å²) in [6, 6.07) is 6.10. The van der Waals surface area contributed by atoms with E-state index in [9.17, 15) is 4.79 Å². The second-order valence-electron chi connectivity index (χ2n) is 4.89. The van der Waals surface area contributed by atoms with Gasteiger partial charge < -0.3 is 10.6 Å². The zero-order chi connectivity index (χ0) is 19.9. The first-order valence-corrected chi connectivity index (χ1v) is 8.69. The third-order valence-corrected chi connectivity index (χ3v) is 3.81. The van der Waals surface area contributed by atoms with Crippen molar-refractivity contribution in [2.24, 2.45) is 4.99 Å². The maximum absolute atomic E-state index is 12.4. The second kappa shape index (κ2) is 9.58. The molecule has 1 atom stereocenters. The Hall–Kier alpha value is -2.31. The van der Waals surface area contributed by atoms with Crippen LogP contribution in [0, 0.1) is 11.5 Å². The first-order valence-electron chi connectivity index (χ1n) is 7.17. The number of rotatable bonds is 4. The predicted molar refractivity (Wildman–Crippen MR) is 105 cm³/mol. The molecule has 0 fully saturated rings. The van der Waals surface area contributed by atoms with Crippen molar-refractivity contribution >= 4 is 64.0 Å². The predicted octanol–water partition coefficient (Wildman–Crippen LogP) is 3.09. The highest BCUT2D eigenvalue weighted by molar-refractivity contribution is 6.68. The SMILES string of the molecule is N#CNC(=NC(NC(=O)c1ccc(Cl)cc1)C(Cl)(Cl)Cl)Nc1cncnc1. The molecule has 3 N–H and O–H groups in total. The number of aromatic nitrogens is 2. The summed E-state index contributed by atoms with van der Waals surface area (Å²) in [5.41, 5.74) is 0.708. The van der Waals surface area contributed by atoms with Crippen molar-refractivity contribution in [3.05, 3.63) is 53.6 Å². The molecule has 0 aliphatic carbocycles. The summed E-state index contributed by atoms with van der Waals surface area (Å²) < 4.78 is -2.00. The van der Waals surface area contributed by atoms with Gasteiger partial charge in [0.15, 0.2) is 12.4 Å². The molecule has 0 aliphatic rings. The van der Waals surface area contributed by atoms with Gasteiger partial charge in [-0.1, -0.05) is 46.4 Å². The molecule has 0 saturated heterocycles. The number of amides is 1. The van der Waals surface area contributed by atoms with E-state index in [-0.39, 0.29) is 11.5 Å². The fourth-order valence-corrected chi connectivity index (χ4v) is 2.21. The van der Waals surface area contributed by atoms with Crippen molar-refractivity contribution in [1.29, 1.82) is 5.26 Å². The van der Waals surface area contributed by atoms with Gasteiger partial charge in [-0.2, -0.15) is 5.26 Å². The average molecular weight is 447 g/mol. The first kappa shape index (κ1) is 21.0. The van der Waals surface area contributed by atoms with Crippen molar-refractivity contribution in [3.8, 4) is 6.19 Å². The molecule has 2 aromatic rings. The summed E-state index contributed by atoms with van der Waals surface area (Å²) in [5, 5.41) is 16.9. The molecule has 2 rings (SSSR count). The molecule has 0 saturated carbocycles. The average Bonchev–Trinajstić information content (AvgIpc) is 2.62. The lowest BCUT2D eigenvalue weighted by atomic mass is 10.2. The maximum atomic E-state index is 12.4. The lowest BCUT2D eigenvalue weighted by Crippen LogP contribution is -2.44. The van der Waals surface area contributed by atoms with Crippen LogP contribution in [0.5, 0.6) is 0 Å². The van der Waals surface area contributed by atoms with E-state index in [4.69, 9.17) is 51.7 Å². The van der Waals surface area contributed by atoms with Crippen LogP contribution in [0.15, 0.2) is 48.0 Å². The van der Waals surface area contributed by atoms with Crippen molar-refractivity contribution < 1.29 is 4.79 Å². The van der Waals surface area contributed by atoms with Crippen molar-refractivity contribution in [3.63, 3.8) is 0 Å². The van der Waals surface area contributed by atoms with Crippen LogP contribution in [0.3, 0.4) is 0 Å². The van der Waals surface area contributed by atoms with E-state index in [1.165, 1.54) is 30.9 Å². The summed E-state index contributed by atoms with van der Waals surface area (Å²) in [5.74, 6) is -0.633. The van der Waals surface area contributed by atoms with Gasteiger partial charge in [0, 0.05) is 10.6 Å². The number of carbonyl (C=O) groups is 1. The van der Waals surface area contributed by atoms with Crippen LogP contribution in [-0.2, 0) is 0 Å².